The van der Waals surface area contributed by atoms with E-state index in [1.54, 1.807) is 0 Å². The lowest BCUT2D eigenvalue weighted by Gasteiger charge is -2.40. The standard InChI is InChI=1S/C62H42N2/c1-61(2)52-25-10-6-22-46(52)51-36-41(32-35-53(51)61)64-58-29-13-9-23-48(58)49-34-31-43(38-59(49)64)63(40-18-4-3-5-19-40)42-30-33-47-44-20-7-11-26-54(44)62(57(47)37-42)55-27-12-8-21-45(55)50-24-14-16-39-17-15-28-56(62)60(39)50/h3-38H,1-2H3. The lowest BCUT2D eigenvalue weighted by Crippen LogP contribution is -2.32. The van der Waals surface area contributed by atoms with Gasteiger partial charge in [-0.3, -0.25) is 0 Å². The number of fused-ring (bicyclic) bond motifs is 15. The van der Waals surface area contributed by atoms with Crippen molar-refractivity contribution >= 4 is 49.6 Å². The second-order valence-electron chi connectivity index (χ2n) is 18.4. The largest absolute Gasteiger partial charge is 0.310 e. The Bertz CT molecular complexity index is 3770. The summed E-state index contributed by atoms with van der Waals surface area (Å²) in [6.07, 6.45) is 0. The molecule has 0 radical (unpaired) electrons. The van der Waals surface area contributed by atoms with Crippen LogP contribution in [0.25, 0.3) is 71.6 Å². The minimum absolute atomic E-state index is 0.0555. The molecule has 0 saturated carbocycles. The molecule has 0 fully saturated rings. The average Bonchev–Trinajstić information content (AvgIpc) is 3.91. The van der Waals surface area contributed by atoms with E-state index < -0.39 is 5.41 Å². The molecular formula is C62H42N2. The molecule has 1 unspecified atom stereocenters. The lowest BCUT2D eigenvalue weighted by molar-refractivity contribution is 0.660. The summed E-state index contributed by atoms with van der Waals surface area (Å²) >= 11 is 0. The zero-order valence-corrected chi connectivity index (χ0v) is 35.7. The van der Waals surface area contributed by atoms with Crippen molar-refractivity contribution in [2.45, 2.75) is 24.7 Å². The van der Waals surface area contributed by atoms with Gasteiger partial charge in [0.25, 0.3) is 0 Å². The Kier molecular flexibility index (Phi) is 7.13. The lowest BCUT2D eigenvalue weighted by atomic mass is 9.61. The van der Waals surface area contributed by atoms with Crippen LogP contribution in [0.3, 0.4) is 0 Å². The highest BCUT2D eigenvalue weighted by atomic mass is 15.1. The Morgan fingerprint density at radius 2 is 0.906 bits per heavy atom. The molecule has 2 heteroatoms. The monoisotopic (exact) mass is 814 g/mol. The maximum atomic E-state index is 2.51. The van der Waals surface area contributed by atoms with Gasteiger partial charge in [0.1, 0.15) is 0 Å². The van der Waals surface area contributed by atoms with Gasteiger partial charge in [-0.1, -0.05) is 178 Å². The number of rotatable bonds is 4. The first-order valence-electron chi connectivity index (χ1n) is 22.5. The third-order valence-corrected chi connectivity index (χ3v) is 15.0. The van der Waals surface area contributed by atoms with Crippen LogP contribution in [0, 0.1) is 0 Å². The van der Waals surface area contributed by atoms with Crippen LogP contribution in [-0.2, 0) is 10.8 Å². The molecule has 11 aromatic rings. The highest BCUT2D eigenvalue weighted by Gasteiger charge is 2.50. The van der Waals surface area contributed by atoms with Crippen LogP contribution in [0.4, 0.5) is 17.1 Å². The smallest absolute Gasteiger partial charge is 0.0726 e. The molecule has 14 rings (SSSR count). The maximum Gasteiger partial charge on any atom is 0.0726 e. The molecule has 300 valence electrons. The van der Waals surface area contributed by atoms with Gasteiger partial charge in [-0.15, -0.1) is 0 Å². The molecule has 1 heterocycles. The summed E-state index contributed by atoms with van der Waals surface area (Å²) in [5, 5.41) is 5.10. The summed E-state index contributed by atoms with van der Waals surface area (Å²) in [5.41, 5.74) is 22.3. The quantitative estimate of drug-likeness (QED) is 0.172. The van der Waals surface area contributed by atoms with Crippen LogP contribution >= 0.6 is 0 Å². The zero-order chi connectivity index (χ0) is 42.3. The highest BCUT2D eigenvalue weighted by Crippen LogP contribution is 2.62. The molecule has 0 amide bonds. The minimum Gasteiger partial charge on any atom is -0.310 e. The van der Waals surface area contributed by atoms with Gasteiger partial charge in [0.15, 0.2) is 0 Å². The molecule has 2 nitrogen and oxygen atoms in total. The van der Waals surface area contributed by atoms with E-state index in [1.165, 1.54) is 105 Å². The van der Waals surface area contributed by atoms with Crippen molar-refractivity contribution in [1.82, 2.24) is 4.57 Å². The van der Waals surface area contributed by atoms with Crippen molar-refractivity contribution in [3.63, 3.8) is 0 Å². The normalized spacial score (nSPS) is 15.8. The molecule has 3 aliphatic carbocycles. The minimum atomic E-state index is -0.508. The summed E-state index contributed by atoms with van der Waals surface area (Å²) in [6.45, 7) is 4.71. The van der Waals surface area contributed by atoms with Crippen LogP contribution in [-0.4, -0.2) is 4.57 Å². The van der Waals surface area contributed by atoms with Gasteiger partial charge >= 0.3 is 0 Å². The first-order valence-corrected chi connectivity index (χ1v) is 22.5. The van der Waals surface area contributed by atoms with Gasteiger partial charge < -0.3 is 9.47 Å². The van der Waals surface area contributed by atoms with E-state index in [9.17, 15) is 0 Å². The fourth-order valence-electron chi connectivity index (χ4n) is 12.3. The Labute approximate surface area is 372 Å². The van der Waals surface area contributed by atoms with E-state index in [1.807, 2.05) is 0 Å². The van der Waals surface area contributed by atoms with E-state index in [2.05, 4.69) is 242 Å². The van der Waals surface area contributed by atoms with Gasteiger partial charge in [-0.2, -0.15) is 0 Å². The molecule has 0 bridgehead atoms. The second kappa shape index (κ2) is 12.8. The van der Waals surface area contributed by atoms with Crippen molar-refractivity contribution in [2.75, 3.05) is 4.90 Å². The molecule has 0 N–H and O–H groups in total. The first-order chi connectivity index (χ1) is 31.5. The summed E-state index contributed by atoms with van der Waals surface area (Å²) in [6, 6.07) is 82.1. The van der Waals surface area contributed by atoms with Crippen LogP contribution in [0.15, 0.2) is 218 Å². The van der Waals surface area contributed by atoms with E-state index in [0.717, 1.165) is 17.1 Å². The predicted octanol–water partition coefficient (Wildman–Crippen LogP) is 16.1. The fraction of sp³-hybridized carbons (Fsp3) is 0.0645. The third-order valence-electron chi connectivity index (χ3n) is 15.0. The van der Waals surface area contributed by atoms with Crippen molar-refractivity contribution in [3.8, 4) is 39.1 Å². The van der Waals surface area contributed by atoms with E-state index >= 15 is 0 Å². The molecule has 1 spiro atoms. The number of para-hydroxylation sites is 2. The number of anilines is 3. The number of hydrogen-bond acceptors (Lipinski definition) is 1. The van der Waals surface area contributed by atoms with Crippen LogP contribution < -0.4 is 4.90 Å². The van der Waals surface area contributed by atoms with Gasteiger partial charge in [-0.05, 0) is 132 Å². The summed E-state index contributed by atoms with van der Waals surface area (Å²) < 4.78 is 2.48. The van der Waals surface area contributed by atoms with Crippen molar-refractivity contribution in [2.24, 2.45) is 0 Å². The molecular weight excluding hydrogens is 773 g/mol. The van der Waals surface area contributed by atoms with Crippen molar-refractivity contribution in [3.05, 3.63) is 252 Å². The molecule has 1 aromatic heterocycles. The van der Waals surface area contributed by atoms with E-state index in [4.69, 9.17) is 0 Å². The maximum absolute atomic E-state index is 2.51. The van der Waals surface area contributed by atoms with Crippen molar-refractivity contribution in [1.29, 1.82) is 0 Å². The SMILES string of the molecule is CC1(C)c2ccccc2-c2cc(-n3c4ccccc4c4ccc(N(c5ccccc5)c5ccc6c(c5)C5(c7ccccc7-6)c6ccccc6-c6cccc7cccc5c67)cc43)ccc21. The van der Waals surface area contributed by atoms with Crippen LogP contribution in [0.5, 0.6) is 0 Å². The highest BCUT2D eigenvalue weighted by molar-refractivity contribution is 6.11. The second-order valence-corrected chi connectivity index (χ2v) is 18.4. The van der Waals surface area contributed by atoms with Gasteiger partial charge in [0.05, 0.1) is 16.4 Å². The first kappa shape index (κ1) is 35.6. The fourth-order valence-corrected chi connectivity index (χ4v) is 12.3. The Hall–Kier alpha value is -7.94. The molecule has 3 aliphatic rings. The topological polar surface area (TPSA) is 8.17 Å². The Balaban J connectivity index is 1.02. The average molecular weight is 815 g/mol. The predicted molar refractivity (Wildman–Crippen MR) is 267 cm³/mol. The Morgan fingerprint density at radius 1 is 0.344 bits per heavy atom. The molecule has 0 aliphatic heterocycles. The van der Waals surface area contributed by atoms with Crippen molar-refractivity contribution < 1.29 is 0 Å². The zero-order valence-electron chi connectivity index (χ0n) is 35.7. The Morgan fingerprint density at radius 3 is 1.70 bits per heavy atom. The number of aromatic nitrogens is 1. The molecule has 10 aromatic carbocycles. The van der Waals surface area contributed by atoms with Gasteiger partial charge in [-0.25, -0.2) is 0 Å². The van der Waals surface area contributed by atoms with Gasteiger partial charge in [0.2, 0.25) is 0 Å². The summed E-state index contributed by atoms with van der Waals surface area (Å²) in [4.78, 5) is 2.46. The molecule has 64 heavy (non-hydrogen) atoms. The summed E-state index contributed by atoms with van der Waals surface area (Å²) in [5.74, 6) is 0. The van der Waals surface area contributed by atoms with Crippen LogP contribution in [0.2, 0.25) is 0 Å². The third kappa shape index (κ3) is 4.54. The number of hydrogen-bond donors (Lipinski definition) is 0. The number of nitrogens with zero attached hydrogens (tertiary/aromatic N) is 2. The summed E-state index contributed by atoms with van der Waals surface area (Å²) in [7, 11) is 0. The van der Waals surface area contributed by atoms with Gasteiger partial charge in [0, 0.05) is 38.9 Å². The van der Waals surface area contributed by atoms with E-state index in [0.29, 0.717) is 0 Å². The molecule has 0 saturated heterocycles. The van der Waals surface area contributed by atoms with E-state index in [-0.39, 0.29) is 5.41 Å². The molecule has 1 atom stereocenters. The van der Waals surface area contributed by atoms with Crippen LogP contribution in [0.1, 0.15) is 47.2 Å². The number of benzene rings is 10.